The Bertz CT molecular complexity index is 758. The third kappa shape index (κ3) is 3.89. The minimum absolute atomic E-state index is 0.326. The average Bonchev–Trinajstić information content (AvgIpc) is 2.98. The monoisotopic (exact) mass is 358 g/mol. The van der Waals surface area contributed by atoms with Crippen LogP contribution in [0.2, 0.25) is 0 Å². The lowest BCUT2D eigenvalue weighted by molar-refractivity contribution is -0.117. The van der Waals surface area contributed by atoms with Crippen molar-refractivity contribution in [1.82, 2.24) is 14.8 Å². The molecule has 134 valence electrons. The fourth-order valence-corrected chi connectivity index (χ4v) is 4.39. The van der Waals surface area contributed by atoms with Crippen LogP contribution in [0.15, 0.2) is 29.4 Å². The van der Waals surface area contributed by atoms with Gasteiger partial charge in [-0.3, -0.25) is 9.36 Å². The zero-order valence-corrected chi connectivity index (χ0v) is 15.9. The van der Waals surface area contributed by atoms with E-state index in [0.717, 1.165) is 23.0 Å². The lowest BCUT2D eigenvalue weighted by Gasteiger charge is -2.31. The van der Waals surface area contributed by atoms with Crippen LogP contribution in [0.3, 0.4) is 0 Å². The molecule has 3 rings (SSSR count). The van der Waals surface area contributed by atoms with Gasteiger partial charge in [-0.05, 0) is 38.7 Å². The minimum Gasteiger partial charge on any atom is -0.369 e. The van der Waals surface area contributed by atoms with Crippen LogP contribution in [-0.2, 0) is 4.79 Å². The first-order valence-electron chi connectivity index (χ1n) is 8.95. The van der Waals surface area contributed by atoms with Crippen LogP contribution < -0.4 is 5.73 Å². The van der Waals surface area contributed by atoms with E-state index in [1.165, 1.54) is 36.6 Å². The maximum atomic E-state index is 11.5. The molecule has 1 aliphatic carbocycles. The van der Waals surface area contributed by atoms with Gasteiger partial charge in [-0.25, -0.2) is 0 Å². The maximum absolute atomic E-state index is 11.5. The largest absolute Gasteiger partial charge is 0.369 e. The molecular weight excluding hydrogens is 332 g/mol. The van der Waals surface area contributed by atoms with E-state index in [-0.39, 0.29) is 11.2 Å². The number of thioether (sulfide) groups is 1. The highest BCUT2D eigenvalue weighted by atomic mass is 32.2. The summed E-state index contributed by atoms with van der Waals surface area (Å²) in [6, 6.07) is 8.71. The van der Waals surface area contributed by atoms with E-state index in [4.69, 9.17) is 5.73 Å². The number of rotatable bonds is 5. The number of carbonyl (C=O) groups excluding carboxylic acids is 1. The molecule has 2 N–H and O–H groups in total. The van der Waals surface area contributed by atoms with Gasteiger partial charge in [-0.1, -0.05) is 55.3 Å². The van der Waals surface area contributed by atoms with Gasteiger partial charge >= 0.3 is 0 Å². The summed E-state index contributed by atoms with van der Waals surface area (Å²) in [5, 5.41) is 9.38. The summed E-state index contributed by atoms with van der Waals surface area (Å²) in [6.45, 7) is 6.21. The fraction of sp³-hybridized carbons (Fsp3) is 0.526. The zero-order valence-electron chi connectivity index (χ0n) is 15.1. The predicted octanol–water partition coefficient (Wildman–Crippen LogP) is 3.97. The van der Waals surface area contributed by atoms with E-state index in [9.17, 15) is 4.79 Å². The normalized spacial score (nSPS) is 21.9. The number of aryl methyl sites for hydroxylation is 1. The van der Waals surface area contributed by atoms with Crippen molar-refractivity contribution < 1.29 is 4.79 Å². The molecule has 1 heterocycles. The number of nitrogens with two attached hydrogens (primary N) is 1. The first-order valence-corrected chi connectivity index (χ1v) is 9.83. The predicted molar refractivity (Wildman–Crippen MR) is 101 cm³/mol. The zero-order chi connectivity index (χ0) is 18.0. The number of hydrogen-bond acceptors (Lipinski definition) is 4. The van der Waals surface area contributed by atoms with Gasteiger partial charge in [0.05, 0.1) is 5.25 Å². The van der Waals surface area contributed by atoms with Gasteiger partial charge in [-0.2, -0.15) is 0 Å². The third-order valence-electron chi connectivity index (χ3n) is 5.02. The van der Waals surface area contributed by atoms with Gasteiger partial charge < -0.3 is 5.73 Å². The minimum atomic E-state index is -0.327. The Labute approximate surface area is 153 Å². The van der Waals surface area contributed by atoms with Crippen molar-refractivity contribution in [3.05, 3.63) is 29.8 Å². The van der Waals surface area contributed by atoms with Crippen LogP contribution in [-0.4, -0.2) is 25.9 Å². The first kappa shape index (κ1) is 18.0. The van der Waals surface area contributed by atoms with Gasteiger partial charge in [0.15, 0.2) is 11.0 Å². The molecular formula is C19H26N4OS. The highest BCUT2D eigenvalue weighted by Gasteiger charge is 2.29. The highest BCUT2D eigenvalue weighted by molar-refractivity contribution is 8.00. The number of aromatic nitrogens is 3. The number of hydrogen-bond donors (Lipinski definition) is 1. The lowest BCUT2D eigenvalue weighted by Crippen LogP contribution is -2.25. The second-order valence-electron chi connectivity index (χ2n) is 7.04. The summed E-state index contributed by atoms with van der Waals surface area (Å²) in [5.41, 5.74) is 7.73. The summed E-state index contributed by atoms with van der Waals surface area (Å²) in [4.78, 5) is 11.5. The SMILES string of the molecule is Cc1cccc(-c2nnc(S[C@H](C)C(N)=O)n2[C@H]2CCCC[C@@H]2C)c1. The van der Waals surface area contributed by atoms with E-state index in [2.05, 4.69) is 46.8 Å². The van der Waals surface area contributed by atoms with Crippen LogP contribution in [0, 0.1) is 12.8 Å². The van der Waals surface area contributed by atoms with Crippen molar-refractivity contribution in [2.75, 3.05) is 0 Å². The molecule has 1 fully saturated rings. The van der Waals surface area contributed by atoms with Gasteiger partial charge in [-0.15, -0.1) is 10.2 Å². The Morgan fingerprint density at radius 2 is 2.08 bits per heavy atom. The van der Waals surface area contributed by atoms with E-state index in [0.29, 0.717) is 12.0 Å². The molecule has 3 atom stereocenters. The molecule has 0 spiro atoms. The van der Waals surface area contributed by atoms with Gasteiger partial charge in [0.25, 0.3) is 0 Å². The maximum Gasteiger partial charge on any atom is 0.230 e. The molecule has 6 heteroatoms. The van der Waals surface area contributed by atoms with Crippen molar-refractivity contribution in [3.63, 3.8) is 0 Å². The summed E-state index contributed by atoms with van der Waals surface area (Å²) in [7, 11) is 0. The molecule has 25 heavy (non-hydrogen) atoms. The Kier molecular flexibility index (Phi) is 5.47. The number of carbonyl (C=O) groups is 1. The third-order valence-corrected chi connectivity index (χ3v) is 6.10. The number of primary amides is 1. The standard InChI is InChI=1S/C19H26N4OS/c1-12-7-6-9-15(11-12)18-21-22-19(25-14(3)17(20)24)23(18)16-10-5-4-8-13(16)2/h6-7,9,11,13-14,16H,4-5,8,10H2,1-3H3,(H2,20,24)/t13-,14+,16-/m0/s1. The summed E-state index contributed by atoms with van der Waals surface area (Å²) < 4.78 is 2.25. The van der Waals surface area contributed by atoms with Crippen molar-refractivity contribution in [2.24, 2.45) is 11.7 Å². The Morgan fingerprint density at radius 3 is 2.76 bits per heavy atom. The Hall–Kier alpha value is -1.82. The highest BCUT2D eigenvalue weighted by Crippen LogP contribution is 2.39. The van der Waals surface area contributed by atoms with Crippen LogP contribution >= 0.6 is 11.8 Å². The Morgan fingerprint density at radius 1 is 1.32 bits per heavy atom. The van der Waals surface area contributed by atoms with Crippen molar-refractivity contribution in [3.8, 4) is 11.4 Å². The smallest absolute Gasteiger partial charge is 0.230 e. The molecule has 1 saturated carbocycles. The molecule has 0 unspecified atom stereocenters. The quantitative estimate of drug-likeness (QED) is 0.821. The van der Waals surface area contributed by atoms with Crippen molar-refractivity contribution in [1.29, 1.82) is 0 Å². The average molecular weight is 359 g/mol. The number of amides is 1. The van der Waals surface area contributed by atoms with E-state index in [1.807, 2.05) is 13.0 Å². The van der Waals surface area contributed by atoms with Crippen LogP contribution in [0.4, 0.5) is 0 Å². The molecule has 1 aromatic heterocycles. The van der Waals surface area contributed by atoms with Crippen molar-refractivity contribution in [2.45, 2.75) is 62.9 Å². The second-order valence-corrected chi connectivity index (χ2v) is 8.35. The van der Waals surface area contributed by atoms with Crippen LogP contribution in [0.5, 0.6) is 0 Å². The fourth-order valence-electron chi connectivity index (χ4n) is 3.53. The van der Waals surface area contributed by atoms with E-state index in [1.54, 1.807) is 0 Å². The van der Waals surface area contributed by atoms with Gasteiger partial charge in [0.2, 0.25) is 5.91 Å². The summed E-state index contributed by atoms with van der Waals surface area (Å²) in [6.07, 6.45) is 4.83. The van der Waals surface area contributed by atoms with Crippen LogP contribution in [0.25, 0.3) is 11.4 Å². The molecule has 0 saturated heterocycles. The molecule has 0 aliphatic heterocycles. The molecule has 1 amide bonds. The topological polar surface area (TPSA) is 73.8 Å². The molecule has 0 bridgehead atoms. The number of nitrogens with zero attached hydrogens (tertiary/aromatic N) is 3. The number of benzene rings is 1. The summed E-state index contributed by atoms with van der Waals surface area (Å²) >= 11 is 1.41. The molecule has 5 nitrogen and oxygen atoms in total. The van der Waals surface area contributed by atoms with Crippen molar-refractivity contribution >= 4 is 17.7 Å². The van der Waals surface area contributed by atoms with Crippen LogP contribution in [0.1, 0.15) is 51.1 Å². The Balaban J connectivity index is 2.05. The summed E-state index contributed by atoms with van der Waals surface area (Å²) in [5.74, 6) is 1.13. The van der Waals surface area contributed by atoms with E-state index < -0.39 is 0 Å². The van der Waals surface area contributed by atoms with Gasteiger partial charge in [0.1, 0.15) is 0 Å². The molecule has 2 aromatic rings. The van der Waals surface area contributed by atoms with Gasteiger partial charge in [0, 0.05) is 11.6 Å². The molecule has 1 aromatic carbocycles. The molecule has 1 aliphatic rings. The van der Waals surface area contributed by atoms with E-state index >= 15 is 0 Å². The lowest BCUT2D eigenvalue weighted by atomic mass is 9.85. The first-order chi connectivity index (χ1) is 12.0. The molecule has 0 radical (unpaired) electrons. The second kappa shape index (κ2) is 7.60.